The van der Waals surface area contributed by atoms with E-state index in [1.165, 1.54) is 24.5 Å². The monoisotopic (exact) mass is 291 g/mol. The van der Waals surface area contributed by atoms with Gasteiger partial charge in [-0.2, -0.15) is 0 Å². The molecule has 0 bridgehead atoms. The molecule has 0 spiro atoms. The third kappa shape index (κ3) is 3.68. The van der Waals surface area contributed by atoms with Crippen molar-refractivity contribution in [2.75, 3.05) is 11.9 Å². The molecule has 21 heavy (non-hydrogen) atoms. The van der Waals surface area contributed by atoms with Gasteiger partial charge in [-0.1, -0.05) is 6.07 Å². The number of rotatable bonds is 4. The number of hydrogen-bond donors (Lipinski definition) is 1. The van der Waals surface area contributed by atoms with Crippen molar-refractivity contribution in [1.82, 2.24) is 0 Å². The van der Waals surface area contributed by atoms with Crippen LogP contribution in [-0.4, -0.2) is 18.5 Å². The van der Waals surface area contributed by atoms with Crippen LogP contribution in [0.4, 0.5) is 10.1 Å². The highest BCUT2D eigenvalue weighted by atomic mass is 19.1. The first-order chi connectivity index (χ1) is 9.97. The SMILES string of the molecule is Cc1ccc(F)cc1NC(=O)COC(=O)c1ccoc1C. The molecule has 0 fully saturated rings. The molecule has 2 aromatic rings. The van der Waals surface area contributed by atoms with Gasteiger partial charge in [-0.15, -0.1) is 0 Å². The fourth-order valence-corrected chi connectivity index (χ4v) is 1.72. The van der Waals surface area contributed by atoms with E-state index in [1.54, 1.807) is 19.9 Å². The zero-order valence-electron chi connectivity index (χ0n) is 11.6. The molecule has 0 saturated carbocycles. The van der Waals surface area contributed by atoms with Crippen molar-refractivity contribution in [3.05, 3.63) is 53.2 Å². The third-order valence-corrected chi connectivity index (χ3v) is 2.89. The maximum atomic E-state index is 13.1. The Morgan fingerprint density at radius 3 is 2.71 bits per heavy atom. The number of carbonyl (C=O) groups excluding carboxylic acids is 2. The molecule has 110 valence electrons. The molecule has 0 unspecified atom stereocenters. The van der Waals surface area contributed by atoms with Crippen LogP contribution >= 0.6 is 0 Å². The molecule has 1 aromatic carbocycles. The molecular weight excluding hydrogens is 277 g/mol. The summed E-state index contributed by atoms with van der Waals surface area (Å²) >= 11 is 0. The fraction of sp³-hybridized carbons (Fsp3) is 0.200. The second-order valence-corrected chi connectivity index (χ2v) is 4.47. The Bertz CT molecular complexity index is 678. The summed E-state index contributed by atoms with van der Waals surface area (Å²) in [4.78, 5) is 23.4. The largest absolute Gasteiger partial charge is 0.469 e. The van der Waals surface area contributed by atoms with Crippen LogP contribution < -0.4 is 5.32 Å². The van der Waals surface area contributed by atoms with E-state index < -0.39 is 24.3 Å². The van der Waals surface area contributed by atoms with Gasteiger partial charge in [-0.25, -0.2) is 9.18 Å². The summed E-state index contributed by atoms with van der Waals surface area (Å²) in [6, 6.07) is 5.51. The van der Waals surface area contributed by atoms with Gasteiger partial charge in [0.05, 0.1) is 6.26 Å². The number of halogens is 1. The van der Waals surface area contributed by atoms with E-state index in [1.807, 2.05) is 0 Å². The standard InChI is InChI=1S/C15H14FNO4/c1-9-3-4-11(16)7-13(9)17-14(18)8-21-15(19)12-5-6-20-10(12)2/h3-7H,8H2,1-2H3,(H,17,18). The van der Waals surface area contributed by atoms with Crippen molar-refractivity contribution >= 4 is 17.6 Å². The lowest BCUT2D eigenvalue weighted by molar-refractivity contribution is -0.119. The Kier molecular flexibility index (Phi) is 4.37. The first-order valence-corrected chi connectivity index (χ1v) is 6.24. The maximum Gasteiger partial charge on any atom is 0.342 e. The number of furan rings is 1. The molecule has 0 aliphatic heterocycles. The van der Waals surface area contributed by atoms with E-state index in [4.69, 9.17) is 9.15 Å². The third-order valence-electron chi connectivity index (χ3n) is 2.89. The lowest BCUT2D eigenvalue weighted by Crippen LogP contribution is -2.21. The Labute approximate surface area is 120 Å². The van der Waals surface area contributed by atoms with Crippen molar-refractivity contribution < 1.29 is 23.1 Å². The Hall–Kier alpha value is -2.63. The number of anilines is 1. The molecule has 1 aromatic heterocycles. The van der Waals surface area contributed by atoms with Gasteiger partial charge in [0.15, 0.2) is 6.61 Å². The van der Waals surface area contributed by atoms with Crippen molar-refractivity contribution in [2.45, 2.75) is 13.8 Å². The highest BCUT2D eigenvalue weighted by Crippen LogP contribution is 2.16. The van der Waals surface area contributed by atoms with Crippen LogP contribution in [0, 0.1) is 19.7 Å². The van der Waals surface area contributed by atoms with E-state index in [0.717, 1.165) is 0 Å². The summed E-state index contributed by atoms with van der Waals surface area (Å²) in [5.74, 6) is -1.23. The predicted octanol–water partition coefficient (Wildman–Crippen LogP) is 2.83. The molecule has 0 radical (unpaired) electrons. The van der Waals surface area contributed by atoms with Crippen LogP contribution in [0.2, 0.25) is 0 Å². The van der Waals surface area contributed by atoms with Gasteiger partial charge >= 0.3 is 5.97 Å². The van der Waals surface area contributed by atoms with E-state index in [9.17, 15) is 14.0 Å². The van der Waals surface area contributed by atoms with Gasteiger partial charge in [0, 0.05) is 5.69 Å². The molecule has 6 heteroatoms. The van der Waals surface area contributed by atoms with Crippen LogP contribution in [0.25, 0.3) is 0 Å². The van der Waals surface area contributed by atoms with Crippen molar-refractivity contribution in [3.63, 3.8) is 0 Å². The van der Waals surface area contributed by atoms with Gasteiger partial charge in [-0.3, -0.25) is 4.79 Å². The number of amides is 1. The lowest BCUT2D eigenvalue weighted by atomic mass is 10.2. The minimum absolute atomic E-state index is 0.268. The van der Waals surface area contributed by atoms with Crippen LogP contribution in [-0.2, 0) is 9.53 Å². The summed E-state index contributed by atoms with van der Waals surface area (Å²) in [6.07, 6.45) is 1.36. The van der Waals surface area contributed by atoms with Gasteiger partial charge in [-0.05, 0) is 37.6 Å². The molecule has 1 N–H and O–H groups in total. The number of esters is 1. The number of benzene rings is 1. The lowest BCUT2D eigenvalue weighted by Gasteiger charge is -2.08. The smallest absolute Gasteiger partial charge is 0.342 e. The second-order valence-electron chi connectivity index (χ2n) is 4.47. The maximum absolute atomic E-state index is 13.1. The van der Waals surface area contributed by atoms with Crippen LogP contribution in [0.5, 0.6) is 0 Å². The molecule has 0 aliphatic carbocycles. The Balaban J connectivity index is 1.92. The molecule has 0 atom stereocenters. The molecular formula is C15H14FNO4. The quantitative estimate of drug-likeness (QED) is 0.879. The molecule has 0 saturated heterocycles. The Morgan fingerprint density at radius 1 is 1.29 bits per heavy atom. The highest BCUT2D eigenvalue weighted by Gasteiger charge is 2.15. The van der Waals surface area contributed by atoms with Gasteiger partial charge in [0.1, 0.15) is 17.1 Å². The summed E-state index contributed by atoms with van der Waals surface area (Å²) < 4.78 is 22.9. The minimum atomic E-state index is -0.646. The number of aryl methyl sites for hydroxylation is 2. The molecule has 1 amide bonds. The summed E-state index contributed by atoms with van der Waals surface area (Å²) in [6.45, 7) is 2.89. The van der Waals surface area contributed by atoms with Crippen LogP contribution in [0.3, 0.4) is 0 Å². The zero-order chi connectivity index (χ0) is 15.4. The van der Waals surface area contributed by atoms with Gasteiger partial charge in [0.25, 0.3) is 5.91 Å². The van der Waals surface area contributed by atoms with Crippen molar-refractivity contribution in [1.29, 1.82) is 0 Å². The first kappa shape index (κ1) is 14.8. The summed E-state index contributed by atoms with van der Waals surface area (Å²) in [7, 11) is 0. The molecule has 5 nitrogen and oxygen atoms in total. The van der Waals surface area contributed by atoms with Gasteiger partial charge in [0.2, 0.25) is 0 Å². The van der Waals surface area contributed by atoms with E-state index >= 15 is 0 Å². The topological polar surface area (TPSA) is 68.5 Å². The normalized spacial score (nSPS) is 10.2. The average molecular weight is 291 g/mol. The molecule has 2 rings (SSSR count). The Morgan fingerprint density at radius 2 is 2.05 bits per heavy atom. The summed E-state index contributed by atoms with van der Waals surface area (Å²) in [5.41, 5.74) is 1.32. The first-order valence-electron chi connectivity index (χ1n) is 6.24. The van der Waals surface area contributed by atoms with Crippen molar-refractivity contribution in [3.8, 4) is 0 Å². The van der Waals surface area contributed by atoms with Crippen LogP contribution in [0.1, 0.15) is 21.7 Å². The average Bonchev–Trinajstić information content (AvgIpc) is 2.86. The number of nitrogens with one attached hydrogen (secondary N) is 1. The number of hydrogen-bond acceptors (Lipinski definition) is 4. The number of ether oxygens (including phenoxy) is 1. The summed E-state index contributed by atoms with van der Waals surface area (Å²) in [5, 5.41) is 2.49. The number of carbonyl (C=O) groups is 2. The molecule has 1 heterocycles. The fourth-order valence-electron chi connectivity index (χ4n) is 1.72. The minimum Gasteiger partial charge on any atom is -0.469 e. The van der Waals surface area contributed by atoms with E-state index in [-0.39, 0.29) is 5.56 Å². The highest BCUT2D eigenvalue weighted by molar-refractivity contribution is 5.96. The van der Waals surface area contributed by atoms with E-state index in [2.05, 4.69) is 5.32 Å². The second kappa shape index (κ2) is 6.21. The molecule has 0 aliphatic rings. The predicted molar refractivity (Wildman–Crippen MR) is 73.5 cm³/mol. The zero-order valence-corrected chi connectivity index (χ0v) is 11.6. The van der Waals surface area contributed by atoms with Crippen molar-refractivity contribution in [2.24, 2.45) is 0 Å². The van der Waals surface area contributed by atoms with E-state index in [0.29, 0.717) is 17.0 Å². The van der Waals surface area contributed by atoms with Crippen LogP contribution in [0.15, 0.2) is 34.9 Å². The van der Waals surface area contributed by atoms with Gasteiger partial charge < -0.3 is 14.5 Å².